The summed E-state index contributed by atoms with van der Waals surface area (Å²) in [5.74, 6) is -0.0136. The van der Waals surface area contributed by atoms with E-state index in [9.17, 15) is 4.39 Å². The molecular formula is C10H12FN3. The van der Waals surface area contributed by atoms with Gasteiger partial charge in [-0.05, 0) is 5.92 Å². The Bertz CT molecular complexity index is 473. The number of hydrogen-bond donors (Lipinski definition) is 0. The monoisotopic (exact) mass is 193 g/mol. The molecule has 0 radical (unpaired) electrons. The van der Waals surface area contributed by atoms with E-state index in [0.717, 1.165) is 11.2 Å². The molecule has 0 spiro atoms. The quantitative estimate of drug-likeness (QED) is 0.695. The predicted octanol–water partition coefficient (Wildman–Crippen LogP) is 2.23. The van der Waals surface area contributed by atoms with Crippen LogP contribution in [0.5, 0.6) is 0 Å². The van der Waals surface area contributed by atoms with Gasteiger partial charge in [0.25, 0.3) is 0 Å². The maximum absolute atomic E-state index is 13.3. The van der Waals surface area contributed by atoms with Gasteiger partial charge in [0.2, 0.25) is 0 Å². The second-order valence-corrected chi connectivity index (χ2v) is 3.70. The second kappa shape index (κ2) is 3.04. The zero-order valence-corrected chi connectivity index (χ0v) is 8.45. The molecule has 0 amide bonds. The first-order valence-electron chi connectivity index (χ1n) is 4.56. The van der Waals surface area contributed by atoms with E-state index in [1.807, 2.05) is 13.8 Å². The first kappa shape index (κ1) is 9.12. The Morgan fingerprint density at radius 3 is 2.71 bits per heavy atom. The van der Waals surface area contributed by atoms with Crippen molar-refractivity contribution in [1.29, 1.82) is 0 Å². The molecule has 0 unspecified atom stereocenters. The van der Waals surface area contributed by atoms with E-state index in [1.165, 1.54) is 12.5 Å². The van der Waals surface area contributed by atoms with E-state index in [-0.39, 0.29) is 11.7 Å². The van der Waals surface area contributed by atoms with Crippen LogP contribution in [0.2, 0.25) is 0 Å². The van der Waals surface area contributed by atoms with E-state index < -0.39 is 0 Å². The van der Waals surface area contributed by atoms with Gasteiger partial charge in [0, 0.05) is 13.2 Å². The molecule has 14 heavy (non-hydrogen) atoms. The van der Waals surface area contributed by atoms with Crippen LogP contribution in [-0.4, -0.2) is 14.5 Å². The highest BCUT2D eigenvalue weighted by Crippen LogP contribution is 2.23. The summed E-state index contributed by atoms with van der Waals surface area (Å²) in [5.41, 5.74) is 2.09. The third kappa shape index (κ3) is 1.18. The normalized spacial score (nSPS) is 11.5. The van der Waals surface area contributed by atoms with Gasteiger partial charge in [-0.25, -0.2) is 14.4 Å². The standard InChI is InChI=1S/C10H12FN3/c1-6(2)8-10-9(13-5-12-8)7(11)4-14(10)3/h4-6H,1-3H3. The van der Waals surface area contributed by atoms with Crippen molar-refractivity contribution in [3.05, 3.63) is 24.0 Å². The average Bonchev–Trinajstić information content (AvgIpc) is 2.43. The van der Waals surface area contributed by atoms with E-state index >= 15 is 0 Å². The van der Waals surface area contributed by atoms with Crippen LogP contribution in [0.15, 0.2) is 12.5 Å². The minimum Gasteiger partial charge on any atom is -0.345 e. The summed E-state index contributed by atoms with van der Waals surface area (Å²) >= 11 is 0. The van der Waals surface area contributed by atoms with Gasteiger partial charge in [-0.1, -0.05) is 13.8 Å². The van der Waals surface area contributed by atoms with Gasteiger partial charge in [-0.2, -0.15) is 0 Å². The summed E-state index contributed by atoms with van der Waals surface area (Å²) in [6.45, 7) is 4.07. The molecule has 0 fully saturated rings. The Kier molecular flexibility index (Phi) is 1.98. The van der Waals surface area contributed by atoms with Crippen LogP contribution in [0.3, 0.4) is 0 Å². The highest BCUT2D eigenvalue weighted by molar-refractivity contribution is 5.78. The lowest BCUT2D eigenvalue weighted by Gasteiger charge is -2.06. The minimum absolute atomic E-state index is 0.272. The van der Waals surface area contributed by atoms with Crippen molar-refractivity contribution in [3.63, 3.8) is 0 Å². The number of fused-ring (bicyclic) bond motifs is 1. The number of aryl methyl sites for hydroxylation is 1. The van der Waals surface area contributed by atoms with Crippen LogP contribution >= 0.6 is 0 Å². The van der Waals surface area contributed by atoms with Gasteiger partial charge in [-0.15, -0.1) is 0 Å². The molecule has 74 valence electrons. The summed E-state index contributed by atoms with van der Waals surface area (Å²) in [6.07, 6.45) is 2.85. The Balaban J connectivity index is 2.85. The number of rotatable bonds is 1. The van der Waals surface area contributed by atoms with Crippen molar-refractivity contribution in [2.24, 2.45) is 7.05 Å². The Morgan fingerprint density at radius 1 is 1.36 bits per heavy atom. The summed E-state index contributed by atoms with van der Waals surface area (Å²) in [5, 5.41) is 0. The van der Waals surface area contributed by atoms with Crippen molar-refractivity contribution in [2.75, 3.05) is 0 Å². The number of aromatic nitrogens is 3. The fraction of sp³-hybridized carbons (Fsp3) is 0.400. The molecule has 0 aliphatic heterocycles. The topological polar surface area (TPSA) is 30.7 Å². The zero-order chi connectivity index (χ0) is 10.3. The molecule has 0 aliphatic carbocycles. The molecular weight excluding hydrogens is 181 g/mol. The van der Waals surface area contributed by atoms with Gasteiger partial charge in [-0.3, -0.25) is 0 Å². The van der Waals surface area contributed by atoms with Crippen molar-refractivity contribution in [3.8, 4) is 0 Å². The number of halogens is 1. The van der Waals surface area contributed by atoms with Crippen LogP contribution in [0.25, 0.3) is 11.0 Å². The lowest BCUT2D eigenvalue weighted by Crippen LogP contribution is -1.98. The van der Waals surface area contributed by atoms with Crippen molar-refractivity contribution >= 4 is 11.0 Å². The van der Waals surface area contributed by atoms with Gasteiger partial charge in [0.15, 0.2) is 5.82 Å². The Hall–Kier alpha value is -1.45. The molecule has 0 saturated heterocycles. The van der Waals surface area contributed by atoms with E-state index in [4.69, 9.17) is 0 Å². The molecule has 2 rings (SSSR count). The van der Waals surface area contributed by atoms with Gasteiger partial charge >= 0.3 is 0 Å². The molecule has 0 aliphatic rings. The van der Waals surface area contributed by atoms with Gasteiger partial charge < -0.3 is 4.57 Å². The van der Waals surface area contributed by atoms with Crippen LogP contribution in [-0.2, 0) is 7.05 Å². The lowest BCUT2D eigenvalue weighted by atomic mass is 10.1. The van der Waals surface area contributed by atoms with Crippen molar-refractivity contribution < 1.29 is 4.39 Å². The van der Waals surface area contributed by atoms with Crippen LogP contribution < -0.4 is 0 Å². The first-order valence-corrected chi connectivity index (χ1v) is 4.56. The molecule has 4 heteroatoms. The van der Waals surface area contributed by atoms with Crippen LogP contribution in [0.1, 0.15) is 25.5 Å². The predicted molar refractivity (Wildman–Crippen MR) is 52.6 cm³/mol. The SMILES string of the molecule is CC(C)c1ncnc2c(F)cn(C)c12. The molecule has 2 aromatic heterocycles. The largest absolute Gasteiger partial charge is 0.345 e. The zero-order valence-electron chi connectivity index (χ0n) is 8.45. The third-order valence-corrected chi connectivity index (χ3v) is 2.28. The molecule has 0 atom stereocenters. The first-order chi connectivity index (χ1) is 6.61. The van der Waals surface area contributed by atoms with E-state index in [0.29, 0.717) is 5.52 Å². The Morgan fingerprint density at radius 2 is 2.07 bits per heavy atom. The molecule has 0 aromatic carbocycles. The average molecular weight is 193 g/mol. The molecule has 2 heterocycles. The Labute approximate surface area is 81.6 Å². The maximum atomic E-state index is 13.3. The molecule has 3 nitrogen and oxygen atoms in total. The molecule has 0 bridgehead atoms. The molecule has 0 saturated carbocycles. The summed E-state index contributed by atoms with van der Waals surface area (Å²) < 4.78 is 15.1. The second-order valence-electron chi connectivity index (χ2n) is 3.70. The van der Waals surface area contributed by atoms with E-state index in [2.05, 4.69) is 9.97 Å². The summed E-state index contributed by atoms with van der Waals surface area (Å²) in [4.78, 5) is 8.12. The van der Waals surface area contributed by atoms with Gasteiger partial charge in [0.1, 0.15) is 11.8 Å². The number of hydrogen-bond acceptors (Lipinski definition) is 2. The summed E-state index contributed by atoms with van der Waals surface area (Å²) in [6, 6.07) is 0. The van der Waals surface area contributed by atoms with Gasteiger partial charge in [0.05, 0.1) is 11.2 Å². The van der Waals surface area contributed by atoms with Crippen LogP contribution in [0.4, 0.5) is 4.39 Å². The highest BCUT2D eigenvalue weighted by atomic mass is 19.1. The number of nitrogens with zero attached hydrogens (tertiary/aromatic N) is 3. The highest BCUT2D eigenvalue weighted by Gasteiger charge is 2.14. The smallest absolute Gasteiger partial charge is 0.167 e. The van der Waals surface area contributed by atoms with Crippen LogP contribution in [0, 0.1) is 5.82 Å². The summed E-state index contributed by atoms with van der Waals surface area (Å²) in [7, 11) is 1.81. The fourth-order valence-electron chi connectivity index (χ4n) is 1.63. The molecule has 2 aromatic rings. The molecule has 0 N–H and O–H groups in total. The van der Waals surface area contributed by atoms with Crippen molar-refractivity contribution in [2.45, 2.75) is 19.8 Å². The maximum Gasteiger partial charge on any atom is 0.167 e. The fourth-order valence-corrected chi connectivity index (χ4v) is 1.63. The third-order valence-electron chi connectivity index (χ3n) is 2.28. The minimum atomic E-state index is -0.285. The lowest BCUT2D eigenvalue weighted by molar-refractivity contribution is 0.631. The van der Waals surface area contributed by atoms with Crippen molar-refractivity contribution in [1.82, 2.24) is 14.5 Å². The van der Waals surface area contributed by atoms with E-state index in [1.54, 1.807) is 11.6 Å².